The van der Waals surface area contributed by atoms with Crippen LogP contribution in [0.3, 0.4) is 0 Å². The van der Waals surface area contributed by atoms with Crippen molar-refractivity contribution in [3.63, 3.8) is 0 Å². The van der Waals surface area contributed by atoms with Gasteiger partial charge in [-0.25, -0.2) is 9.37 Å². The Labute approximate surface area is 166 Å². The SMILES string of the molecule is Cc1nc2ccc(F)cc2n1-c1nc(Nc2ccc(C(F)(F)F)cc2)nc(N)c1F. The molecular formula is C19H13F5N6. The minimum Gasteiger partial charge on any atom is -0.381 e. The van der Waals surface area contributed by atoms with Gasteiger partial charge >= 0.3 is 6.18 Å². The summed E-state index contributed by atoms with van der Waals surface area (Å²) < 4.78 is 67.9. The lowest BCUT2D eigenvalue weighted by atomic mass is 10.2. The zero-order chi connectivity index (χ0) is 21.6. The molecular weight excluding hydrogens is 407 g/mol. The fourth-order valence-electron chi connectivity index (χ4n) is 2.96. The molecule has 0 bridgehead atoms. The van der Waals surface area contributed by atoms with Crippen LogP contribution in [0.25, 0.3) is 16.9 Å². The standard InChI is InChI=1S/C19H13F5N6/c1-9-26-13-7-4-11(20)8-14(13)30(9)17-15(21)16(25)28-18(29-17)27-12-5-2-10(3-6-12)19(22,23)24/h2-8H,1H3,(H3,25,27,28,29). The highest BCUT2D eigenvalue weighted by Crippen LogP contribution is 2.31. The fraction of sp³-hybridized carbons (Fsp3) is 0.105. The van der Waals surface area contributed by atoms with E-state index < -0.39 is 29.2 Å². The van der Waals surface area contributed by atoms with Gasteiger partial charge in [-0.05, 0) is 43.3 Å². The molecule has 0 atom stereocenters. The summed E-state index contributed by atoms with van der Waals surface area (Å²) in [7, 11) is 0. The van der Waals surface area contributed by atoms with Crippen LogP contribution in [0.1, 0.15) is 11.4 Å². The van der Waals surface area contributed by atoms with Gasteiger partial charge in [0, 0.05) is 11.8 Å². The maximum absolute atomic E-state index is 14.7. The van der Waals surface area contributed by atoms with E-state index in [-0.39, 0.29) is 23.0 Å². The third kappa shape index (κ3) is 3.49. The molecule has 4 rings (SSSR count). The van der Waals surface area contributed by atoms with Crippen molar-refractivity contribution in [2.75, 3.05) is 11.1 Å². The number of aryl methyl sites for hydroxylation is 1. The van der Waals surface area contributed by atoms with Crippen molar-refractivity contribution in [2.24, 2.45) is 0 Å². The average molecular weight is 420 g/mol. The summed E-state index contributed by atoms with van der Waals surface area (Å²) in [5.41, 5.74) is 5.76. The van der Waals surface area contributed by atoms with Crippen LogP contribution in [0, 0.1) is 18.6 Å². The lowest BCUT2D eigenvalue weighted by molar-refractivity contribution is -0.137. The van der Waals surface area contributed by atoms with Crippen LogP contribution < -0.4 is 11.1 Å². The number of imidazole rings is 1. The molecule has 30 heavy (non-hydrogen) atoms. The first kappa shape index (κ1) is 19.6. The van der Waals surface area contributed by atoms with Gasteiger partial charge in [0.15, 0.2) is 11.6 Å². The van der Waals surface area contributed by atoms with E-state index in [1.54, 1.807) is 6.92 Å². The van der Waals surface area contributed by atoms with Crippen molar-refractivity contribution >= 4 is 28.5 Å². The second-order valence-electron chi connectivity index (χ2n) is 6.40. The molecule has 0 aliphatic heterocycles. The molecule has 0 amide bonds. The van der Waals surface area contributed by atoms with Gasteiger partial charge in [-0.3, -0.25) is 4.57 Å². The Morgan fingerprint density at radius 3 is 2.33 bits per heavy atom. The minimum absolute atomic E-state index is 0.152. The van der Waals surface area contributed by atoms with E-state index in [4.69, 9.17) is 5.73 Å². The van der Waals surface area contributed by atoms with Crippen LogP contribution >= 0.6 is 0 Å². The number of rotatable bonds is 3. The van der Waals surface area contributed by atoms with Crippen LogP contribution in [0.2, 0.25) is 0 Å². The summed E-state index contributed by atoms with van der Waals surface area (Å²) in [4.78, 5) is 12.1. The number of nitrogens with two attached hydrogens (primary N) is 1. The number of anilines is 3. The Morgan fingerprint density at radius 1 is 0.967 bits per heavy atom. The van der Waals surface area contributed by atoms with Gasteiger partial charge in [0.1, 0.15) is 11.6 Å². The highest BCUT2D eigenvalue weighted by molar-refractivity contribution is 5.78. The van der Waals surface area contributed by atoms with E-state index in [0.29, 0.717) is 11.3 Å². The number of halogens is 5. The molecule has 154 valence electrons. The molecule has 0 saturated carbocycles. The number of nitrogens with one attached hydrogen (secondary N) is 1. The number of nitrogens with zero attached hydrogens (tertiary/aromatic N) is 4. The van der Waals surface area contributed by atoms with Crippen molar-refractivity contribution in [1.29, 1.82) is 0 Å². The highest BCUT2D eigenvalue weighted by atomic mass is 19.4. The van der Waals surface area contributed by atoms with Crippen molar-refractivity contribution < 1.29 is 22.0 Å². The number of fused-ring (bicyclic) bond motifs is 1. The largest absolute Gasteiger partial charge is 0.416 e. The van der Waals surface area contributed by atoms with Crippen molar-refractivity contribution in [3.05, 3.63) is 65.5 Å². The molecule has 0 radical (unpaired) electrons. The van der Waals surface area contributed by atoms with Gasteiger partial charge in [0.25, 0.3) is 0 Å². The maximum Gasteiger partial charge on any atom is 0.416 e. The lowest BCUT2D eigenvalue weighted by Crippen LogP contribution is -2.11. The van der Waals surface area contributed by atoms with E-state index in [2.05, 4.69) is 20.3 Å². The Morgan fingerprint density at radius 2 is 1.67 bits per heavy atom. The van der Waals surface area contributed by atoms with Crippen molar-refractivity contribution in [3.8, 4) is 5.82 Å². The molecule has 0 aliphatic rings. The molecule has 0 fully saturated rings. The third-order valence-corrected chi connectivity index (χ3v) is 4.32. The minimum atomic E-state index is -4.47. The number of nitrogen functional groups attached to an aromatic ring is 1. The smallest absolute Gasteiger partial charge is 0.381 e. The maximum atomic E-state index is 14.7. The van der Waals surface area contributed by atoms with Gasteiger partial charge in [-0.2, -0.15) is 27.5 Å². The summed E-state index contributed by atoms with van der Waals surface area (Å²) in [5, 5.41) is 2.69. The number of hydrogen-bond acceptors (Lipinski definition) is 5. The van der Waals surface area contributed by atoms with E-state index in [1.165, 1.54) is 34.9 Å². The molecule has 11 heteroatoms. The average Bonchev–Trinajstić information content (AvgIpc) is 2.99. The normalized spacial score (nSPS) is 11.8. The van der Waals surface area contributed by atoms with E-state index in [0.717, 1.165) is 12.1 Å². The molecule has 3 N–H and O–H groups in total. The molecule has 4 aromatic rings. The van der Waals surface area contributed by atoms with Crippen LogP contribution in [0.4, 0.5) is 39.4 Å². The molecule has 0 aliphatic carbocycles. The van der Waals surface area contributed by atoms with Gasteiger partial charge in [-0.1, -0.05) is 0 Å². The number of alkyl halides is 3. The zero-order valence-electron chi connectivity index (χ0n) is 15.3. The Bertz CT molecular complexity index is 1250. The first-order chi connectivity index (χ1) is 14.1. The topological polar surface area (TPSA) is 81.7 Å². The molecule has 2 aromatic carbocycles. The fourth-order valence-corrected chi connectivity index (χ4v) is 2.96. The Hall–Kier alpha value is -3.76. The highest BCUT2D eigenvalue weighted by Gasteiger charge is 2.30. The van der Waals surface area contributed by atoms with Gasteiger partial charge in [-0.15, -0.1) is 0 Å². The quantitative estimate of drug-likeness (QED) is 0.468. The number of aromatic nitrogens is 4. The molecule has 0 spiro atoms. The number of benzene rings is 2. The van der Waals surface area contributed by atoms with E-state index >= 15 is 0 Å². The van der Waals surface area contributed by atoms with Crippen LogP contribution in [0.15, 0.2) is 42.5 Å². The molecule has 0 saturated heterocycles. The first-order valence-electron chi connectivity index (χ1n) is 8.56. The summed E-state index contributed by atoms with van der Waals surface area (Å²) >= 11 is 0. The predicted molar refractivity (Wildman–Crippen MR) is 100 cm³/mol. The molecule has 2 aromatic heterocycles. The summed E-state index contributed by atoms with van der Waals surface area (Å²) in [6, 6.07) is 7.96. The predicted octanol–water partition coefficient (Wildman–Crippen LogP) is 4.75. The Balaban J connectivity index is 1.77. The van der Waals surface area contributed by atoms with E-state index in [9.17, 15) is 22.0 Å². The van der Waals surface area contributed by atoms with Gasteiger partial charge in [0.05, 0.1) is 16.6 Å². The van der Waals surface area contributed by atoms with Crippen LogP contribution in [-0.2, 0) is 6.18 Å². The van der Waals surface area contributed by atoms with E-state index in [1.807, 2.05) is 0 Å². The van der Waals surface area contributed by atoms with Crippen molar-refractivity contribution in [2.45, 2.75) is 13.1 Å². The zero-order valence-corrected chi connectivity index (χ0v) is 15.3. The summed E-state index contributed by atoms with van der Waals surface area (Å²) in [6.07, 6.45) is -4.47. The molecule has 0 unspecified atom stereocenters. The molecule has 2 heterocycles. The lowest BCUT2D eigenvalue weighted by Gasteiger charge is -2.12. The summed E-state index contributed by atoms with van der Waals surface area (Å²) in [5.74, 6) is -2.09. The molecule has 6 nitrogen and oxygen atoms in total. The summed E-state index contributed by atoms with van der Waals surface area (Å²) in [6.45, 7) is 1.58. The monoisotopic (exact) mass is 420 g/mol. The van der Waals surface area contributed by atoms with Crippen molar-refractivity contribution in [1.82, 2.24) is 19.5 Å². The number of hydrogen-bond donors (Lipinski definition) is 2. The third-order valence-electron chi connectivity index (χ3n) is 4.32. The second-order valence-corrected chi connectivity index (χ2v) is 6.40. The Kier molecular flexibility index (Phi) is 4.52. The first-order valence-corrected chi connectivity index (χ1v) is 8.56. The van der Waals surface area contributed by atoms with Gasteiger partial charge in [0.2, 0.25) is 11.8 Å². The van der Waals surface area contributed by atoms with Crippen LogP contribution in [-0.4, -0.2) is 19.5 Å². The van der Waals surface area contributed by atoms with Gasteiger partial charge < -0.3 is 11.1 Å². The van der Waals surface area contributed by atoms with Crippen LogP contribution in [0.5, 0.6) is 0 Å². The second kappa shape index (κ2) is 6.94.